The molecular weight excluding hydrogens is 211 g/mol. The molecule has 2 atom stereocenters. The van der Waals surface area contributed by atoms with Crippen molar-refractivity contribution in [2.24, 2.45) is 11.8 Å². The average molecular weight is 225 g/mol. The number of hydrogen-bond acceptors (Lipinski definition) is 2. The van der Waals surface area contributed by atoms with Gasteiger partial charge in [0.05, 0.1) is 18.9 Å². The van der Waals surface area contributed by atoms with Crippen LogP contribution in [0.5, 0.6) is 0 Å². The van der Waals surface area contributed by atoms with Gasteiger partial charge in [-0.2, -0.15) is 13.2 Å². The molecule has 0 radical (unpaired) electrons. The fourth-order valence-corrected chi connectivity index (χ4v) is 2.01. The normalized spacial score (nSPS) is 27.5. The molecule has 1 N–H and O–H groups in total. The Morgan fingerprint density at radius 2 is 1.93 bits per heavy atom. The SMILES string of the molecule is CONC(=O)C1CCCCC1C(F)(F)F. The van der Waals surface area contributed by atoms with Crippen molar-refractivity contribution in [3.63, 3.8) is 0 Å². The van der Waals surface area contributed by atoms with Gasteiger partial charge in [0.15, 0.2) is 0 Å². The molecule has 1 saturated carbocycles. The number of carbonyl (C=O) groups is 1. The summed E-state index contributed by atoms with van der Waals surface area (Å²) in [5.41, 5.74) is 1.98. The Hall–Kier alpha value is -0.780. The Labute approximate surface area is 85.9 Å². The fourth-order valence-electron chi connectivity index (χ4n) is 2.01. The number of carbonyl (C=O) groups excluding carboxylic acids is 1. The second kappa shape index (κ2) is 4.83. The summed E-state index contributed by atoms with van der Waals surface area (Å²) < 4.78 is 37.7. The van der Waals surface area contributed by atoms with E-state index in [4.69, 9.17) is 0 Å². The highest BCUT2D eigenvalue weighted by atomic mass is 19.4. The third-order valence-electron chi connectivity index (χ3n) is 2.73. The Balaban J connectivity index is 2.70. The smallest absolute Gasteiger partial charge is 0.277 e. The van der Waals surface area contributed by atoms with E-state index in [1.54, 1.807) is 0 Å². The van der Waals surface area contributed by atoms with Crippen molar-refractivity contribution in [2.45, 2.75) is 31.9 Å². The van der Waals surface area contributed by atoms with E-state index in [2.05, 4.69) is 4.84 Å². The van der Waals surface area contributed by atoms with Crippen LogP contribution >= 0.6 is 0 Å². The first kappa shape index (κ1) is 12.3. The second-order valence-electron chi connectivity index (χ2n) is 3.71. The number of hydrogen-bond donors (Lipinski definition) is 1. The van der Waals surface area contributed by atoms with Crippen LogP contribution in [-0.4, -0.2) is 19.2 Å². The lowest BCUT2D eigenvalue weighted by atomic mass is 9.78. The number of rotatable bonds is 2. The quantitative estimate of drug-likeness (QED) is 0.730. The van der Waals surface area contributed by atoms with E-state index in [1.165, 1.54) is 7.11 Å². The summed E-state index contributed by atoms with van der Waals surface area (Å²) in [6, 6.07) is 0. The number of amides is 1. The molecule has 1 amide bonds. The molecule has 88 valence electrons. The van der Waals surface area contributed by atoms with Crippen molar-refractivity contribution < 1.29 is 22.8 Å². The van der Waals surface area contributed by atoms with Gasteiger partial charge >= 0.3 is 6.18 Å². The summed E-state index contributed by atoms with van der Waals surface area (Å²) in [4.78, 5) is 15.7. The minimum Gasteiger partial charge on any atom is -0.277 e. The third kappa shape index (κ3) is 3.09. The van der Waals surface area contributed by atoms with Crippen molar-refractivity contribution in [1.82, 2.24) is 5.48 Å². The zero-order valence-corrected chi connectivity index (χ0v) is 8.43. The van der Waals surface area contributed by atoms with Crippen LogP contribution in [0.15, 0.2) is 0 Å². The summed E-state index contributed by atoms with van der Waals surface area (Å²) in [6.07, 6.45) is -2.80. The molecule has 1 rings (SSSR count). The molecule has 0 aliphatic heterocycles. The summed E-state index contributed by atoms with van der Waals surface area (Å²) in [5, 5.41) is 0. The summed E-state index contributed by atoms with van der Waals surface area (Å²) in [7, 11) is 1.21. The molecule has 0 heterocycles. The van der Waals surface area contributed by atoms with Gasteiger partial charge in [0.2, 0.25) is 5.91 Å². The minimum atomic E-state index is -4.30. The molecule has 1 aliphatic rings. The zero-order chi connectivity index (χ0) is 11.5. The maximum Gasteiger partial charge on any atom is 0.392 e. The first-order valence-electron chi connectivity index (χ1n) is 4.86. The lowest BCUT2D eigenvalue weighted by Crippen LogP contribution is -2.42. The van der Waals surface area contributed by atoms with Gasteiger partial charge in [-0.15, -0.1) is 0 Å². The number of nitrogens with one attached hydrogen (secondary N) is 1. The Morgan fingerprint density at radius 3 is 2.47 bits per heavy atom. The van der Waals surface area contributed by atoms with Crippen LogP contribution in [0, 0.1) is 11.8 Å². The maximum absolute atomic E-state index is 12.6. The minimum absolute atomic E-state index is 0.0330. The van der Waals surface area contributed by atoms with Crippen molar-refractivity contribution in [1.29, 1.82) is 0 Å². The standard InChI is InChI=1S/C9H14F3NO2/c1-15-13-8(14)6-4-2-3-5-7(6)9(10,11)12/h6-7H,2-5H2,1H3,(H,13,14). The monoisotopic (exact) mass is 225 g/mol. The van der Waals surface area contributed by atoms with E-state index in [9.17, 15) is 18.0 Å². The van der Waals surface area contributed by atoms with E-state index in [0.717, 1.165) is 0 Å². The molecule has 2 unspecified atom stereocenters. The Morgan fingerprint density at radius 1 is 1.33 bits per heavy atom. The largest absolute Gasteiger partial charge is 0.392 e. The van der Waals surface area contributed by atoms with Gasteiger partial charge in [0.1, 0.15) is 0 Å². The molecule has 1 aliphatic carbocycles. The lowest BCUT2D eigenvalue weighted by Gasteiger charge is -2.31. The zero-order valence-electron chi connectivity index (χ0n) is 8.43. The van der Waals surface area contributed by atoms with E-state index < -0.39 is 23.9 Å². The Bertz CT molecular complexity index is 230. The number of hydroxylamine groups is 1. The van der Waals surface area contributed by atoms with Crippen LogP contribution in [0.4, 0.5) is 13.2 Å². The first-order valence-corrected chi connectivity index (χ1v) is 4.86. The van der Waals surface area contributed by atoms with Crippen molar-refractivity contribution in [2.75, 3.05) is 7.11 Å². The van der Waals surface area contributed by atoms with Crippen LogP contribution in [0.2, 0.25) is 0 Å². The van der Waals surface area contributed by atoms with Gasteiger partial charge < -0.3 is 0 Å². The van der Waals surface area contributed by atoms with Crippen LogP contribution in [0.3, 0.4) is 0 Å². The van der Waals surface area contributed by atoms with Crippen molar-refractivity contribution in [3.05, 3.63) is 0 Å². The molecule has 1 fully saturated rings. The molecular formula is C9H14F3NO2. The van der Waals surface area contributed by atoms with Crippen LogP contribution in [-0.2, 0) is 9.63 Å². The topological polar surface area (TPSA) is 38.3 Å². The molecule has 15 heavy (non-hydrogen) atoms. The summed E-state index contributed by atoms with van der Waals surface area (Å²) >= 11 is 0. The van der Waals surface area contributed by atoms with E-state index >= 15 is 0 Å². The predicted octanol–water partition coefficient (Wildman–Crippen LogP) is 2.03. The van der Waals surface area contributed by atoms with Gasteiger partial charge in [0, 0.05) is 0 Å². The third-order valence-corrected chi connectivity index (χ3v) is 2.73. The highest BCUT2D eigenvalue weighted by Gasteiger charge is 2.48. The first-order chi connectivity index (χ1) is 6.96. The highest BCUT2D eigenvalue weighted by Crippen LogP contribution is 2.41. The molecule has 0 bridgehead atoms. The molecule has 0 aromatic heterocycles. The Kier molecular flexibility index (Phi) is 3.96. The number of halogens is 3. The summed E-state index contributed by atoms with van der Waals surface area (Å²) in [5.74, 6) is -3.19. The molecule has 0 aromatic rings. The van der Waals surface area contributed by atoms with E-state index in [-0.39, 0.29) is 12.8 Å². The molecule has 0 spiro atoms. The second-order valence-corrected chi connectivity index (χ2v) is 3.71. The van der Waals surface area contributed by atoms with Crippen molar-refractivity contribution in [3.8, 4) is 0 Å². The molecule has 6 heteroatoms. The van der Waals surface area contributed by atoms with E-state index in [1.807, 2.05) is 5.48 Å². The van der Waals surface area contributed by atoms with Crippen LogP contribution in [0.1, 0.15) is 25.7 Å². The van der Waals surface area contributed by atoms with Gasteiger partial charge in [-0.25, -0.2) is 5.48 Å². The predicted molar refractivity (Wildman–Crippen MR) is 46.7 cm³/mol. The molecule has 0 aromatic carbocycles. The van der Waals surface area contributed by atoms with Gasteiger partial charge in [0.25, 0.3) is 0 Å². The van der Waals surface area contributed by atoms with Crippen LogP contribution in [0.25, 0.3) is 0 Å². The van der Waals surface area contributed by atoms with Gasteiger partial charge in [-0.3, -0.25) is 9.63 Å². The molecule has 0 saturated heterocycles. The van der Waals surface area contributed by atoms with E-state index in [0.29, 0.717) is 12.8 Å². The highest BCUT2D eigenvalue weighted by molar-refractivity contribution is 5.78. The lowest BCUT2D eigenvalue weighted by molar-refractivity contribution is -0.200. The van der Waals surface area contributed by atoms with Gasteiger partial charge in [-0.05, 0) is 12.8 Å². The van der Waals surface area contributed by atoms with Gasteiger partial charge in [-0.1, -0.05) is 12.8 Å². The average Bonchev–Trinajstić information content (AvgIpc) is 2.17. The fraction of sp³-hybridized carbons (Fsp3) is 0.889. The summed E-state index contributed by atoms with van der Waals surface area (Å²) in [6.45, 7) is 0. The van der Waals surface area contributed by atoms with Crippen molar-refractivity contribution >= 4 is 5.91 Å². The maximum atomic E-state index is 12.6. The molecule has 3 nitrogen and oxygen atoms in total. The number of alkyl halides is 3. The van der Waals surface area contributed by atoms with Crippen LogP contribution < -0.4 is 5.48 Å².